The molecule has 0 bridgehead atoms. The van der Waals surface area contributed by atoms with Gasteiger partial charge in [-0.05, 0) is 58.7 Å². The van der Waals surface area contributed by atoms with Crippen molar-refractivity contribution in [3.05, 3.63) is 86.5 Å². The zero-order chi connectivity index (χ0) is 26.8. The van der Waals surface area contributed by atoms with E-state index < -0.39 is 24.1 Å². The van der Waals surface area contributed by atoms with E-state index in [1.54, 1.807) is 25.3 Å². The Hall–Kier alpha value is -3.51. The Kier molecular flexibility index (Phi) is 7.61. The molecular formula is C27H26BrN3O7. The number of pyridine rings is 1. The topological polar surface area (TPSA) is 136 Å². The van der Waals surface area contributed by atoms with Crippen LogP contribution in [0, 0.1) is 6.92 Å². The number of phenolic OH excluding ortho intramolecular Hbond substituents is 1. The highest BCUT2D eigenvalue weighted by molar-refractivity contribution is 9.10. The maximum Gasteiger partial charge on any atom is 0.352 e. The Balaban J connectivity index is 1.19. The zero-order valence-corrected chi connectivity index (χ0v) is 22.0. The second-order valence-electron chi connectivity index (χ2n) is 9.03. The summed E-state index contributed by atoms with van der Waals surface area (Å²) in [4.78, 5) is 21.1. The fourth-order valence-corrected chi connectivity index (χ4v) is 4.66. The van der Waals surface area contributed by atoms with Crippen LogP contribution in [0.15, 0.2) is 64.0 Å². The Labute approximate surface area is 226 Å². The van der Waals surface area contributed by atoms with Gasteiger partial charge in [0, 0.05) is 23.6 Å². The van der Waals surface area contributed by atoms with Gasteiger partial charge in [0.2, 0.25) is 5.88 Å². The summed E-state index contributed by atoms with van der Waals surface area (Å²) in [5.74, 6) is 0.997. The standard InChI is InChI=1S/C27H26BrN3O7/c1-15-11-31(23-10-21(34)22(12-32)38-23)27(35)30-26(15)37-13-16-2-7-19(8-3-16)36-14-18-6-4-17-5-9-20(33)24(28)25(17)29-18/h2-9,11,21-23,32-34H,10,12-14H2,1H3/t21-,22?,23+/m0/s1. The minimum atomic E-state index is -0.847. The van der Waals surface area contributed by atoms with Crippen LogP contribution in [0.25, 0.3) is 10.9 Å². The minimum absolute atomic E-state index is 0.131. The first kappa shape index (κ1) is 26.1. The molecule has 3 heterocycles. The molecule has 3 atom stereocenters. The van der Waals surface area contributed by atoms with Crippen molar-refractivity contribution in [2.75, 3.05) is 6.61 Å². The first-order chi connectivity index (χ1) is 18.3. The van der Waals surface area contributed by atoms with E-state index in [4.69, 9.17) is 14.2 Å². The molecule has 0 saturated carbocycles. The van der Waals surface area contributed by atoms with Gasteiger partial charge in [-0.25, -0.2) is 9.78 Å². The van der Waals surface area contributed by atoms with Crippen molar-refractivity contribution in [2.24, 2.45) is 0 Å². The first-order valence-corrected chi connectivity index (χ1v) is 12.8. The predicted octanol–water partition coefficient (Wildman–Crippen LogP) is 3.37. The molecule has 1 saturated heterocycles. The van der Waals surface area contributed by atoms with Crippen LogP contribution in [0.1, 0.15) is 29.5 Å². The number of hydrogen-bond acceptors (Lipinski definition) is 9. The quantitative estimate of drug-likeness (QED) is 0.285. The number of aryl methyl sites for hydroxylation is 1. The van der Waals surface area contributed by atoms with Crippen LogP contribution in [-0.4, -0.2) is 48.7 Å². The number of aliphatic hydroxyl groups is 2. The molecule has 1 fully saturated rings. The third kappa shape index (κ3) is 5.51. The summed E-state index contributed by atoms with van der Waals surface area (Å²) < 4.78 is 19.1. The normalized spacial score (nSPS) is 19.1. The number of aromatic hydroxyl groups is 1. The van der Waals surface area contributed by atoms with Gasteiger partial charge in [0.05, 0.1) is 28.4 Å². The van der Waals surface area contributed by atoms with E-state index in [2.05, 4.69) is 25.9 Å². The van der Waals surface area contributed by atoms with Crippen molar-refractivity contribution in [3.8, 4) is 17.4 Å². The minimum Gasteiger partial charge on any atom is -0.507 e. The van der Waals surface area contributed by atoms with Crippen LogP contribution in [0.4, 0.5) is 0 Å². The van der Waals surface area contributed by atoms with Crippen molar-refractivity contribution in [1.29, 1.82) is 0 Å². The lowest BCUT2D eigenvalue weighted by Crippen LogP contribution is -2.28. The number of phenols is 1. The van der Waals surface area contributed by atoms with Crippen molar-refractivity contribution in [2.45, 2.75) is 45.0 Å². The predicted molar refractivity (Wildman–Crippen MR) is 141 cm³/mol. The highest BCUT2D eigenvalue weighted by Crippen LogP contribution is 2.31. The van der Waals surface area contributed by atoms with Crippen molar-refractivity contribution in [3.63, 3.8) is 0 Å². The van der Waals surface area contributed by atoms with Crippen LogP contribution < -0.4 is 15.2 Å². The molecule has 198 valence electrons. The molecule has 5 rings (SSSR count). The second kappa shape index (κ2) is 11.1. The molecule has 0 spiro atoms. The molecule has 10 nitrogen and oxygen atoms in total. The van der Waals surface area contributed by atoms with Gasteiger partial charge in [-0.3, -0.25) is 4.57 Å². The van der Waals surface area contributed by atoms with E-state index >= 15 is 0 Å². The molecule has 3 N–H and O–H groups in total. The Bertz CT molecular complexity index is 1510. The third-order valence-electron chi connectivity index (χ3n) is 6.31. The number of ether oxygens (including phenoxy) is 3. The molecular weight excluding hydrogens is 558 g/mol. The molecule has 4 aromatic rings. The Morgan fingerprint density at radius 1 is 1.08 bits per heavy atom. The Morgan fingerprint density at radius 3 is 2.58 bits per heavy atom. The van der Waals surface area contributed by atoms with Gasteiger partial charge in [-0.1, -0.05) is 18.2 Å². The fraction of sp³-hybridized carbons (Fsp3) is 0.296. The molecule has 0 amide bonds. The number of hydrogen-bond donors (Lipinski definition) is 3. The largest absolute Gasteiger partial charge is 0.507 e. The molecule has 2 aromatic carbocycles. The lowest BCUT2D eigenvalue weighted by molar-refractivity contribution is -0.0460. The number of benzene rings is 2. The third-order valence-corrected chi connectivity index (χ3v) is 7.09. The van der Waals surface area contributed by atoms with Gasteiger partial charge in [0.15, 0.2) is 0 Å². The summed E-state index contributed by atoms with van der Waals surface area (Å²) >= 11 is 3.37. The van der Waals surface area contributed by atoms with Crippen LogP contribution in [0.2, 0.25) is 0 Å². The van der Waals surface area contributed by atoms with Gasteiger partial charge >= 0.3 is 5.69 Å². The summed E-state index contributed by atoms with van der Waals surface area (Å²) in [6, 6.07) is 14.6. The van der Waals surface area contributed by atoms with Gasteiger partial charge < -0.3 is 29.5 Å². The van der Waals surface area contributed by atoms with Gasteiger partial charge in [-0.2, -0.15) is 4.98 Å². The smallest absolute Gasteiger partial charge is 0.352 e. The van der Waals surface area contributed by atoms with Crippen molar-refractivity contribution < 1.29 is 29.5 Å². The molecule has 1 unspecified atom stereocenters. The van der Waals surface area contributed by atoms with Crippen LogP contribution in [0.5, 0.6) is 17.4 Å². The molecule has 38 heavy (non-hydrogen) atoms. The lowest BCUT2D eigenvalue weighted by atomic mass is 10.2. The molecule has 0 aliphatic carbocycles. The lowest BCUT2D eigenvalue weighted by Gasteiger charge is -2.16. The average Bonchev–Trinajstić information content (AvgIpc) is 3.30. The van der Waals surface area contributed by atoms with Crippen molar-refractivity contribution >= 4 is 26.8 Å². The first-order valence-electron chi connectivity index (χ1n) is 12.0. The second-order valence-corrected chi connectivity index (χ2v) is 9.82. The van der Waals surface area contributed by atoms with E-state index in [1.165, 1.54) is 4.57 Å². The fourth-order valence-electron chi connectivity index (χ4n) is 4.21. The number of aromatic nitrogens is 3. The van der Waals surface area contributed by atoms with E-state index in [-0.39, 0.29) is 37.9 Å². The van der Waals surface area contributed by atoms with E-state index in [0.29, 0.717) is 21.3 Å². The van der Waals surface area contributed by atoms with Crippen LogP contribution >= 0.6 is 15.9 Å². The van der Waals surface area contributed by atoms with Gasteiger partial charge in [-0.15, -0.1) is 0 Å². The van der Waals surface area contributed by atoms with E-state index in [0.717, 1.165) is 16.6 Å². The summed E-state index contributed by atoms with van der Waals surface area (Å²) in [5, 5.41) is 30.0. The number of nitrogens with zero attached hydrogens (tertiary/aromatic N) is 3. The molecule has 1 aliphatic heterocycles. The zero-order valence-electron chi connectivity index (χ0n) is 20.5. The highest BCUT2D eigenvalue weighted by Gasteiger charge is 2.35. The monoisotopic (exact) mass is 583 g/mol. The van der Waals surface area contributed by atoms with Crippen molar-refractivity contribution in [1.82, 2.24) is 14.5 Å². The van der Waals surface area contributed by atoms with Crippen LogP contribution in [-0.2, 0) is 18.0 Å². The summed E-state index contributed by atoms with van der Waals surface area (Å²) in [6.45, 7) is 1.90. The van der Waals surface area contributed by atoms with E-state index in [1.807, 2.05) is 36.4 Å². The summed E-state index contributed by atoms with van der Waals surface area (Å²) in [7, 11) is 0. The van der Waals surface area contributed by atoms with Gasteiger partial charge in [0.25, 0.3) is 0 Å². The van der Waals surface area contributed by atoms with Gasteiger partial charge in [0.1, 0.15) is 37.0 Å². The molecule has 11 heteroatoms. The number of rotatable bonds is 8. The number of fused-ring (bicyclic) bond motifs is 1. The number of aliphatic hydroxyl groups excluding tert-OH is 2. The maximum absolute atomic E-state index is 12.5. The van der Waals surface area contributed by atoms with E-state index in [9.17, 15) is 20.1 Å². The Morgan fingerprint density at radius 2 is 1.84 bits per heavy atom. The summed E-state index contributed by atoms with van der Waals surface area (Å²) in [6.07, 6.45) is -0.490. The molecule has 2 aromatic heterocycles. The summed E-state index contributed by atoms with van der Waals surface area (Å²) in [5.41, 5.74) is 2.32. The average molecular weight is 584 g/mol. The molecule has 0 radical (unpaired) electrons. The van der Waals surface area contributed by atoms with Crippen LogP contribution in [0.3, 0.4) is 0 Å². The number of halogens is 1. The molecule has 1 aliphatic rings. The maximum atomic E-state index is 12.5. The SMILES string of the molecule is Cc1cn([C@H]2C[C@H](O)C(CO)O2)c(=O)nc1OCc1ccc(OCc2ccc3ccc(O)c(Br)c3n2)cc1. The highest BCUT2D eigenvalue weighted by atomic mass is 79.9.